The van der Waals surface area contributed by atoms with E-state index in [4.69, 9.17) is 10.1 Å². The van der Waals surface area contributed by atoms with Crippen LogP contribution in [-0.2, 0) is 0 Å². The first-order chi connectivity index (χ1) is 19.8. The molecule has 0 spiro atoms. The SMILES string of the molecule is c1ccc(-c2ccc(-c3nn(-c4ccccc4)cc3-c3nc(-c4ccccc4)c(-c4ccccc4)[nH]3)cc2)cc1. The van der Waals surface area contributed by atoms with Gasteiger partial charge in [0.15, 0.2) is 0 Å². The molecule has 5 aromatic carbocycles. The molecule has 0 radical (unpaired) electrons. The fraction of sp³-hybridized carbons (Fsp3) is 0. The number of hydrogen-bond acceptors (Lipinski definition) is 2. The molecule has 2 heterocycles. The van der Waals surface area contributed by atoms with E-state index in [0.29, 0.717) is 0 Å². The van der Waals surface area contributed by atoms with Crippen molar-refractivity contribution in [3.05, 3.63) is 152 Å². The first-order valence-corrected chi connectivity index (χ1v) is 13.4. The number of para-hydroxylation sites is 1. The third-order valence-corrected chi connectivity index (χ3v) is 7.07. The maximum atomic E-state index is 5.18. The van der Waals surface area contributed by atoms with Gasteiger partial charge in [0.05, 0.1) is 22.6 Å². The number of hydrogen-bond donors (Lipinski definition) is 1. The van der Waals surface area contributed by atoms with Crippen LogP contribution in [0.3, 0.4) is 0 Å². The number of benzene rings is 5. The lowest BCUT2D eigenvalue weighted by atomic mass is 10.0. The zero-order chi connectivity index (χ0) is 26.7. The van der Waals surface area contributed by atoms with Gasteiger partial charge in [-0.3, -0.25) is 0 Å². The third-order valence-electron chi connectivity index (χ3n) is 7.07. The van der Waals surface area contributed by atoms with Crippen LogP contribution in [0.2, 0.25) is 0 Å². The Labute approximate surface area is 233 Å². The summed E-state index contributed by atoms with van der Waals surface area (Å²) in [5.74, 6) is 0.780. The van der Waals surface area contributed by atoms with Crippen LogP contribution in [-0.4, -0.2) is 19.7 Å². The van der Waals surface area contributed by atoms with E-state index in [2.05, 4.69) is 108 Å². The molecule has 0 aliphatic carbocycles. The highest BCUT2D eigenvalue weighted by Crippen LogP contribution is 2.37. The first-order valence-electron chi connectivity index (χ1n) is 13.4. The second-order valence-electron chi connectivity index (χ2n) is 9.66. The van der Waals surface area contributed by atoms with E-state index in [1.54, 1.807) is 0 Å². The topological polar surface area (TPSA) is 46.5 Å². The van der Waals surface area contributed by atoms with Crippen LogP contribution in [0.1, 0.15) is 0 Å². The van der Waals surface area contributed by atoms with Crippen LogP contribution in [0.25, 0.3) is 62.0 Å². The molecule has 0 bridgehead atoms. The van der Waals surface area contributed by atoms with E-state index >= 15 is 0 Å². The molecule has 7 aromatic rings. The van der Waals surface area contributed by atoms with Gasteiger partial charge >= 0.3 is 0 Å². The summed E-state index contributed by atoms with van der Waals surface area (Å²) in [7, 11) is 0. The Morgan fingerprint density at radius 1 is 0.450 bits per heavy atom. The molecule has 1 N–H and O–H groups in total. The van der Waals surface area contributed by atoms with Crippen molar-refractivity contribution in [3.63, 3.8) is 0 Å². The van der Waals surface area contributed by atoms with Crippen molar-refractivity contribution >= 4 is 0 Å². The largest absolute Gasteiger partial charge is 0.337 e. The van der Waals surface area contributed by atoms with Gasteiger partial charge < -0.3 is 4.98 Å². The molecule has 0 fully saturated rings. The minimum absolute atomic E-state index is 0.780. The Balaban J connectivity index is 1.39. The molecule has 0 unspecified atom stereocenters. The molecule has 7 rings (SSSR count). The quantitative estimate of drug-likeness (QED) is 0.241. The van der Waals surface area contributed by atoms with Gasteiger partial charge in [-0.2, -0.15) is 5.10 Å². The highest BCUT2D eigenvalue weighted by Gasteiger charge is 2.21. The van der Waals surface area contributed by atoms with Gasteiger partial charge in [0, 0.05) is 22.9 Å². The summed E-state index contributed by atoms with van der Waals surface area (Å²) >= 11 is 0. The Hall–Kier alpha value is -5.48. The van der Waals surface area contributed by atoms with Crippen molar-refractivity contribution in [2.45, 2.75) is 0 Å². The van der Waals surface area contributed by atoms with Crippen LogP contribution in [0.4, 0.5) is 0 Å². The lowest BCUT2D eigenvalue weighted by Crippen LogP contribution is -1.94. The fourth-order valence-electron chi connectivity index (χ4n) is 5.04. The summed E-state index contributed by atoms with van der Waals surface area (Å²) in [6, 6.07) is 49.9. The first kappa shape index (κ1) is 23.6. The normalized spacial score (nSPS) is 11.0. The van der Waals surface area contributed by atoms with Crippen LogP contribution in [0, 0.1) is 0 Å². The van der Waals surface area contributed by atoms with Gasteiger partial charge in [-0.25, -0.2) is 9.67 Å². The molecule has 2 aromatic heterocycles. The van der Waals surface area contributed by atoms with Gasteiger partial charge in [0.2, 0.25) is 0 Å². The molecule has 0 saturated heterocycles. The molecule has 0 aliphatic rings. The lowest BCUT2D eigenvalue weighted by Gasteiger charge is -2.04. The number of rotatable bonds is 6. The maximum absolute atomic E-state index is 5.18. The van der Waals surface area contributed by atoms with Crippen LogP contribution < -0.4 is 0 Å². The fourth-order valence-corrected chi connectivity index (χ4v) is 5.04. The van der Waals surface area contributed by atoms with Crippen molar-refractivity contribution in [2.75, 3.05) is 0 Å². The summed E-state index contributed by atoms with van der Waals surface area (Å²) in [5, 5.41) is 5.07. The molecule has 0 amide bonds. The lowest BCUT2D eigenvalue weighted by molar-refractivity contribution is 0.884. The summed E-state index contributed by atoms with van der Waals surface area (Å²) in [5.41, 5.74) is 10.3. The smallest absolute Gasteiger partial charge is 0.142 e. The summed E-state index contributed by atoms with van der Waals surface area (Å²) in [6.45, 7) is 0. The minimum Gasteiger partial charge on any atom is -0.337 e. The predicted octanol–water partition coefficient (Wildman–Crippen LogP) is 8.93. The van der Waals surface area contributed by atoms with Crippen molar-refractivity contribution in [1.29, 1.82) is 0 Å². The monoisotopic (exact) mass is 514 g/mol. The average Bonchev–Trinajstić information content (AvgIpc) is 3.69. The number of aromatic amines is 1. The molecule has 0 saturated carbocycles. The molecule has 40 heavy (non-hydrogen) atoms. The number of H-pyrrole nitrogens is 1. The standard InChI is InChI=1S/C36H26N4/c1-5-13-26(14-6-1)27-21-23-30(24-22-27)33-32(25-40(39-33)31-19-11-4-12-20-31)36-37-34(28-15-7-2-8-16-28)35(38-36)29-17-9-3-10-18-29/h1-25H,(H,37,38). The molecule has 0 atom stereocenters. The minimum atomic E-state index is 0.780. The zero-order valence-corrected chi connectivity index (χ0v) is 21.8. The van der Waals surface area contributed by atoms with E-state index in [-0.39, 0.29) is 0 Å². The van der Waals surface area contributed by atoms with E-state index in [1.807, 2.05) is 53.2 Å². The number of nitrogens with zero attached hydrogens (tertiary/aromatic N) is 3. The van der Waals surface area contributed by atoms with Crippen molar-refractivity contribution in [3.8, 4) is 62.0 Å². The van der Waals surface area contributed by atoms with Gasteiger partial charge in [0.1, 0.15) is 11.5 Å². The van der Waals surface area contributed by atoms with Crippen molar-refractivity contribution in [1.82, 2.24) is 19.7 Å². The van der Waals surface area contributed by atoms with E-state index in [0.717, 1.165) is 50.8 Å². The maximum Gasteiger partial charge on any atom is 0.142 e. The molecule has 0 aliphatic heterocycles. The molecule has 4 heteroatoms. The predicted molar refractivity (Wildman–Crippen MR) is 163 cm³/mol. The Kier molecular flexibility index (Phi) is 6.11. The molecular formula is C36H26N4. The summed E-state index contributed by atoms with van der Waals surface area (Å²) in [6.07, 6.45) is 2.07. The second-order valence-corrected chi connectivity index (χ2v) is 9.66. The van der Waals surface area contributed by atoms with Crippen molar-refractivity contribution in [2.24, 2.45) is 0 Å². The highest BCUT2D eigenvalue weighted by atomic mass is 15.3. The van der Waals surface area contributed by atoms with Gasteiger partial charge in [-0.1, -0.05) is 133 Å². The van der Waals surface area contributed by atoms with E-state index in [9.17, 15) is 0 Å². The highest BCUT2D eigenvalue weighted by molar-refractivity contribution is 5.85. The molecular weight excluding hydrogens is 488 g/mol. The van der Waals surface area contributed by atoms with Crippen molar-refractivity contribution < 1.29 is 0 Å². The van der Waals surface area contributed by atoms with E-state index in [1.165, 1.54) is 11.1 Å². The summed E-state index contributed by atoms with van der Waals surface area (Å²) in [4.78, 5) is 8.84. The number of aromatic nitrogens is 4. The van der Waals surface area contributed by atoms with Gasteiger partial charge in [-0.15, -0.1) is 0 Å². The van der Waals surface area contributed by atoms with Crippen LogP contribution >= 0.6 is 0 Å². The van der Waals surface area contributed by atoms with E-state index < -0.39 is 0 Å². The molecule has 190 valence electrons. The van der Waals surface area contributed by atoms with Gasteiger partial charge in [0.25, 0.3) is 0 Å². The summed E-state index contributed by atoms with van der Waals surface area (Å²) < 4.78 is 1.93. The third kappa shape index (κ3) is 4.52. The Morgan fingerprint density at radius 3 is 1.55 bits per heavy atom. The molecule has 4 nitrogen and oxygen atoms in total. The van der Waals surface area contributed by atoms with Gasteiger partial charge in [-0.05, 0) is 23.3 Å². The zero-order valence-electron chi connectivity index (χ0n) is 21.8. The second kappa shape index (κ2) is 10.4. The Morgan fingerprint density at radius 2 is 0.925 bits per heavy atom. The number of imidazole rings is 1. The van der Waals surface area contributed by atoms with Crippen LogP contribution in [0.5, 0.6) is 0 Å². The average molecular weight is 515 g/mol. The Bertz CT molecular complexity index is 1800. The number of nitrogens with one attached hydrogen (secondary N) is 1. The van der Waals surface area contributed by atoms with Crippen LogP contribution in [0.15, 0.2) is 152 Å².